The van der Waals surface area contributed by atoms with Crippen LogP contribution in [0.2, 0.25) is 0 Å². The van der Waals surface area contributed by atoms with Crippen molar-refractivity contribution in [1.82, 2.24) is 19.9 Å². The lowest BCUT2D eigenvalue weighted by molar-refractivity contribution is 0.0821. The monoisotopic (exact) mass is 262 g/mol. The van der Waals surface area contributed by atoms with Crippen LogP contribution in [0.25, 0.3) is 5.65 Å². The van der Waals surface area contributed by atoms with Gasteiger partial charge in [-0.15, -0.1) is 0 Å². The molecular weight excluding hydrogens is 244 g/mol. The van der Waals surface area contributed by atoms with Gasteiger partial charge in [-0.1, -0.05) is 0 Å². The van der Waals surface area contributed by atoms with Crippen molar-refractivity contribution in [3.05, 3.63) is 29.7 Å². The van der Waals surface area contributed by atoms with Crippen molar-refractivity contribution in [2.75, 3.05) is 13.7 Å². The first-order chi connectivity index (χ1) is 8.93. The van der Waals surface area contributed by atoms with Gasteiger partial charge < -0.3 is 10.1 Å². The van der Waals surface area contributed by atoms with Crippen LogP contribution in [-0.2, 0) is 4.74 Å². The van der Waals surface area contributed by atoms with Gasteiger partial charge in [0.15, 0.2) is 5.65 Å². The molecule has 19 heavy (non-hydrogen) atoms. The Kier molecular flexibility index (Phi) is 3.53. The van der Waals surface area contributed by atoms with E-state index in [1.165, 1.54) is 6.20 Å². The van der Waals surface area contributed by atoms with Gasteiger partial charge in [-0.05, 0) is 26.8 Å². The maximum absolute atomic E-state index is 12.3. The molecule has 0 fully saturated rings. The van der Waals surface area contributed by atoms with E-state index in [9.17, 15) is 4.79 Å². The maximum atomic E-state index is 12.3. The van der Waals surface area contributed by atoms with E-state index < -0.39 is 5.54 Å². The number of hydrogen-bond acceptors (Lipinski definition) is 4. The maximum Gasteiger partial charge on any atom is 0.257 e. The predicted molar refractivity (Wildman–Crippen MR) is 71.1 cm³/mol. The summed E-state index contributed by atoms with van der Waals surface area (Å²) in [4.78, 5) is 16.6. The second-order valence-electron chi connectivity index (χ2n) is 5.17. The van der Waals surface area contributed by atoms with Crippen molar-refractivity contribution in [2.24, 2.45) is 0 Å². The number of aromatic nitrogens is 3. The van der Waals surface area contributed by atoms with Gasteiger partial charge in [0.05, 0.1) is 18.3 Å². The van der Waals surface area contributed by atoms with Crippen LogP contribution in [0.1, 0.15) is 29.9 Å². The highest BCUT2D eigenvalue weighted by Gasteiger charge is 2.23. The molecule has 0 aliphatic heterocycles. The zero-order valence-corrected chi connectivity index (χ0v) is 11.6. The van der Waals surface area contributed by atoms with E-state index in [-0.39, 0.29) is 5.91 Å². The number of fused-ring (bicyclic) bond motifs is 1. The van der Waals surface area contributed by atoms with E-state index >= 15 is 0 Å². The zero-order chi connectivity index (χ0) is 14.0. The molecule has 0 aliphatic carbocycles. The van der Waals surface area contributed by atoms with Crippen molar-refractivity contribution in [3.63, 3.8) is 0 Å². The molecule has 0 bridgehead atoms. The first-order valence-electron chi connectivity index (χ1n) is 6.05. The Hall–Kier alpha value is -1.95. The van der Waals surface area contributed by atoms with E-state index in [2.05, 4.69) is 15.4 Å². The lowest BCUT2D eigenvalue weighted by Gasteiger charge is -2.24. The summed E-state index contributed by atoms with van der Waals surface area (Å²) in [6.07, 6.45) is 3.31. The molecule has 0 saturated carbocycles. The highest BCUT2D eigenvalue weighted by atomic mass is 16.5. The second kappa shape index (κ2) is 4.97. The number of carbonyl (C=O) groups excluding carboxylic acids is 1. The first kappa shape index (κ1) is 13.5. The van der Waals surface area contributed by atoms with Gasteiger partial charge >= 0.3 is 0 Å². The molecule has 0 aliphatic rings. The van der Waals surface area contributed by atoms with E-state index in [1.807, 2.05) is 26.8 Å². The van der Waals surface area contributed by atoms with Gasteiger partial charge in [0.1, 0.15) is 5.56 Å². The third kappa shape index (κ3) is 2.90. The molecule has 0 aromatic carbocycles. The number of amides is 1. The Morgan fingerprint density at radius 2 is 2.26 bits per heavy atom. The van der Waals surface area contributed by atoms with Crippen LogP contribution in [0.15, 0.2) is 18.5 Å². The normalized spacial score (nSPS) is 11.8. The number of rotatable bonds is 4. The van der Waals surface area contributed by atoms with Gasteiger partial charge in [0, 0.05) is 19.0 Å². The molecule has 2 rings (SSSR count). The summed E-state index contributed by atoms with van der Waals surface area (Å²) in [5, 5.41) is 7.03. The summed E-state index contributed by atoms with van der Waals surface area (Å²) in [5.74, 6) is -0.199. The molecule has 102 valence electrons. The Labute approximate surface area is 111 Å². The number of nitrogens with one attached hydrogen (secondary N) is 1. The van der Waals surface area contributed by atoms with Gasteiger partial charge in [0.25, 0.3) is 5.91 Å². The minimum absolute atomic E-state index is 0.199. The van der Waals surface area contributed by atoms with Crippen LogP contribution in [0.4, 0.5) is 0 Å². The zero-order valence-electron chi connectivity index (χ0n) is 11.6. The molecule has 6 heteroatoms. The molecule has 0 unspecified atom stereocenters. The summed E-state index contributed by atoms with van der Waals surface area (Å²) in [5.41, 5.74) is 1.43. The van der Waals surface area contributed by atoms with Crippen LogP contribution in [0.5, 0.6) is 0 Å². The molecule has 0 spiro atoms. The lowest BCUT2D eigenvalue weighted by Crippen LogP contribution is -2.46. The molecule has 1 N–H and O–H groups in total. The number of nitrogens with zero attached hydrogens (tertiary/aromatic N) is 3. The van der Waals surface area contributed by atoms with Gasteiger partial charge in [-0.25, -0.2) is 9.50 Å². The lowest BCUT2D eigenvalue weighted by atomic mass is 10.1. The van der Waals surface area contributed by atoms with Gasteiger partial charge in [-0.3, -0.25) is 4.79 Å². The van der Waals surface area contributed by atoms with Crippen LogP contribution in [0, 0.1) is 6.92 Å². The summed E-state index contributed by atoms with van der Waals surface area (Å²) in [7, 11) is 1.61. The fourth-order valence-electron chi connectivity index (χ4n) is 1.89. The summed E-state index contributed by atoms with van der Waals surface area (Å²) in [6, 6.07) is 1.84. The fourth-order valence-corrected chi connectivity index (χ4v) is 1.89. The molecule has 0 saturated heterocycles. The molecule has 0 atom stereocenters. The molecule has 1 amide bonds. The summed E-state index contributed by atoms with van der Waals surface area (Å²) < 4.78 is 6.67. The number of methoxy groups -OCH3 is 1. The molecule has 6 nitrogen and oxygen atoms in total. The standard InChI is InChI=1S/C13H18N4O2/c1-9-5-6-17-11(15-9)10(7-14-17)12(18)16-13(2,3)8-19-4/h5-7H,8H2,1-4H3,(H,16,18). The first-order valence-corrected chi connectivity index (χ1v) is 6.05. The minimum atomic E-state index is -0.441. The minimum Gasteiger partial charge on any atom is -0.382 e. The average Bonchev–Trinajstić information content (AvgIpc) is 2.70. The van der Waals surface area contributed by atoms with Gasteiger partial charge in [-0.2, -0.15) is 5.10 Å². The Morgan fingerprint density at radius 3 is 2.95 bits per heavy atom. The highest BCUT2D eigenvalue weighted by molar-refractivity contribution is 6.00. The SMILES string of the molecule is COCC(C)(C)NC(=O)c1cnn2ccc(C)nc12. The number of aryl methyl sites for hydroxylation is 1. The summed E-state index contributed by atoms with van der Waals surface area (Å²) in [6.45, 7) is 6.12. The van der Waals surface area contributed by atoms with E-state index in [0.717, 1.165) is 5.69 Å². The number of hydrogen-bond donors (Lipinski definition) is 1. The van der Waals surface area contributed by atoms with Gasteiger partial charge in [0.2, 0.25) is 0 Å². The largest absolute Gasteiger partial charge is 0.382 e. The van der Waals surface area contributed by atoms with Crippen LogP contribution >= 0.6 is 0 Å². The quantitative estimate of drug-likeness (QED) is 0.898. The molecule has 2 heterocycles. The number of carbonyl (C=O) groups is 1. The average molecular weight is 262 g/mol. The van der Waals surface area contributed by atoms with Crippen molar-refractivity contribution in [1.29, 1.82) is 0 Å². The molecule has 2 aromatic rings. The Balaban J connectivity index is 2.29. The highest BCUT2D eigenvalue weighted by Crippen LogP contribution is 2.11. The van der Waals surface area contributed by atoms with Crippen molar-refractivity contribution in [2.45, 2.75) is 26.3 Å². The fraction of sp³-hybridized carbons (Fsp3) is 0.462. The van der Waals surface area contributed by atoms with Crippen LogP contribution < -0.4 is 5.32 Å². The number of ether oxygens (including phenoxy) is 1. The third-order valence-corrected chi connectivity index (χ3v) is 2.71. The van der Waals surface area contributed by atoms with E-state index in [4.69, 9.17) is 4.74 Å². The molecule has 2 aromatic heterocycles. The summed E-state index contributed by atoms with van der Waals surface area (Å²) >= 11 is 0. The van der Waals surface area contributed by atoms with Crippen LogP contribution in [-0.4, -0.2) is 39.8 Å². The van der Waals surface area contributed by atoms with Crippen molar-refractivity contribution >= 4 is 11.6 Å². The van der Waals surface area contributed by atoms with Crippen molar-refractivity contribution in [3.8, 4) is 0 Å². The van der Waals surface area contributed by atoms with E-state index in [1.54, 1.807) is 17.8 Å². The van der Waals surface area contributed by atoms with Crippen LogP contribution in [0.3, 0.4) is 0 Å². The Morgan fingerprint density at radius 1 is 1.53 bits per heavy atom. The topological polar surface area (TPSA) is 68.5 Å². The van der Waals surface area contributed by atoms with Crippen molar-refractivity contribution < 1.29 is 9.53 Å². The Bertz CT molecular complexity index is 604. The van der Waals surface area contributed by atoms with E-state index in [0.29, 0.717) is 17.8 Å². The third-order valence-electron chi connectivity index (χ3n) is 2.71. The molecule has 0 radical (unpaired) electrons. The molecular formula is C13H18N4O2. The predicted octanol–water partition coefficient (Wildman–Crippen LogP) is 1.19. The smallest absolute Gasteiger partial charge is 0.257 e. The second-order valence-corrected chi connectivity index (χ2v) is 5.17.